The van der Waals surface area contributed by atoms with Crippen molar-refractivity contribution in [1.82, 2.24) is 9.13 Å². The Morgan fingerprint density at radius 3 is 2.07 bits per heavy atom. The van der Waals surface area contributed by atoms with Crippen LogP contribution in [0.1, 0.15) is 17.4 Å². The number of hydrogen-bond acceptors (Lipinski definition) is 3. The van der Waals surface area contributed by atoms with Gasteiger partial charge in [-0.2, -0.15) is 0 Å². The van der Waals surface area contributed by atoms with E-state index in [1.54, 1.807) is 22.5 Å². The van der Waals surface area contributed by atoms with Gasteiger partial charge in [0, 0.05) is 24.6 Å². The van der Waals surface area contributed by atoms with Crippen molar-refractivity contribution in [2.24, 2.45) is 7.05 Å². The van der Waals surface area contributed by atoms with Gasteiger partial charge in [-0.15, -0.1) is 0 Å². The summed E-state index contributed by atoms with van der Waals surface area (Å²) in [5.41, 5.74) is 3.59. The number of hydrogen-bond donors (Lipinski definition) is 0. The summed E-state index contributed by atoms with van der Waals surface area (Å²) < 4.78 is 8.88. The van der Waals surface area contributed by atoms with Crippen LogP contribution >= 0.6 is 0 Å². The Bertz CT molecular complexity index is 1140. The second kappa shape index (κ2) is 8.29. The van der Waals surface area contributed by atoms with Gasteiger partial charge in [0.2, 0.25) is 0 Å². The van der Waals surface area contributed by atoms with Gasteiger partial charge in [-0.25, -0.2) is 4.79 Å². The second-order valence-electron chi connectivity index (χ2n) is 6.93. The second-order valence-corrected chi connectivity index (χ2v) is 6.93. The molecule has 6 heteroatoms. The molecule has 2 aromatic carbocycles. The predicted molar refractivity (Wildman–Crippen MR) is 117 cm³/mol. The molecule has 1 amide bonds. The first-order chi connectivity index (χ1) is 14.6. The fourth-order valence-electron chi connectivity index (χ4n) is 3.61. The summed E-state index contributed by atoms with van der Waals surface area (Å²) in [6.45, 7) is 2.04. The molecule has 0 spiro atoms. The van der Waals surface area contributed by atoms with E-state index in [1.165, 1.54) is 0 Å². The summed E-state index contributed by atoms with van der Waals surface area (Å²) in [4.78, 5) is 27.8. The quantitative estimate of drug-likeness (QED) is 0.446. The maximum absolute atomic E-state index is 13.5. The van der Waals surface area contributed by atoms with E-state index in [4.69, 9.17) is 4.74 Å². The average molecular weight is 401 g/mol. The summed E-state index contributed by atoms with van der Waals surface area (Å²) in [7, 11) is 1.91. The van der Waals surface area contributed by atoms with Crippen LogP contribution < -0.4 is 4.90 Å². The van der Waals surface area contributed by atoms with E-state index in [-0.39, 0.29) is 19.1 Å². The summed E-state index contributed by atoms with van der Waals surface area (Å²) in [5, 5.41) is 0. The van der Waals surface area contributed by atoms with E-state index in [1.807, 2.05) is 84.5 Å². The lowest BCUT2D eigenvalue weighted by Crippen LogP contribution is -2.30. The molecule has 4 aromatic rings. The molecule has 30 heavy (non-hydrogen) atoms. The van der Waals surface area contributed by atoms with Crippen LogP contribution in [0.5, 0.6) is 0 Å². The molecule has 0 unspecified atom stereocenters. The number of ether oxygens (including phenoxy) is 1. The Hall–Kier alpha value is -3.80. The standard InChI is InChI=1S/C24H23N3O3/c1-3-30-24(29)22-16-21-20(14-15-25(21)2)26(22)17-23(28)27(18-10-6-4-7-11-18)19-12-8-5-9-13-19/h4-16H,3,17H2,1-2H3. The van der Waals surface area contributed by atoms with Crippen molar-refractivity contribution in [3.05, 3.63) is 84.7 Å². The molecule has 0 N–H and O–H groups in total. The molecule has 2 heterocycles. The van der Waals surface area contributed by atoms with Gasteiger partial charge in [-0.1, -0.05) is 36.4 Å². The Morgan fingerprint density at radius 1 is 0.900 bits per heavy atom. The molecular weight excluding hydrogens is 378 g/mol. The number of amides is 1. The highest BCUT2D eigenvalue weighted by Crippen LogP contribution is 2.27. The molecule has 6 nitrogen and oxygen atoms in total. The number of para-hydroxylation sites is 2. The van der Waals surface area contributed by atoms with Crippen molar-refractivity contribution in [2.45, 2.75) is 13.5 Å². The average Bonchev–Trinajstić information content (AvgIpc) is 3.30. The van der Waals surface area contributed by atoms with Crippen molar-refractivity contribution in [2.75, 3.05) is 11.5 Å². The van der Waals surface area contributed by atoms with Crippen LogP contribution in [0.3, 0.4) is 0 Å². The number of benzene rings is 2. The third-order valence-electron chi connectivity index (χ3n) is 5.01. The zero-order valence-corrected chi connectivity index (χ0v) is 17.0. The number of aromatic nitrogens is 2. The van der Waals surface area contributed by atoms with Crippen LogP contribution in [-0.4, -0.2) is 27.6 Å². The molecule has 0 bridgehead atoms. The molecule has 0 aliphatic heterocycles. The van der Waals surface area contributed by atoms with Crippen LogP contribution in [0.2, 0.25) is 0 Å². The number of carbonyl (C=O) groups is 2. The van der Waals surface area contributed by atoms with Gasteiger partial charge in [0.1, 0.15) is 12.2 Å². The highest BCUT2D eigenvalue weighted by atomic mass is 16.5. The zero-order chi connectivity index (χ0) is 21.1. The van der Waals surface area contributed by atoms with Crippen LogP contribution in [0.15, 0.2) is 79.0 Å². The SMILES string of the molecule is CCOC(=O)c1cc2c(ccn2C)n1CC(=O)N(c1ccccc1)c1ccccc1. The van der Waals surface area contributed by atoms with Crippen molar-refractivity contribution >= 4 is 34.3 Å². The number of fused-ring (bicyclic) bond motifs is 1. The Balaban J connectivity index is 1.77. The molecular formula is C24H23N3O3. The third kappa shape index (κ3) is 3.59. The van der Waals surface area contributed by atoms with E-state index >= 15 is 0 Å². The van der Waals surface area contributed by atoms with Crippen LogP contribution in [0.4, 0.5) is 11.4 Å². The molecule has 4 rings (SSSR count). The van der Waals surface area contributed by atoms with Gasteiger partial charge in [-0.05, 0) is 43.3 Å². The van der Waals surface area contributed by atoms with Gasteiger partial charge in [0.05, 0.1) is 17.6 Å². The minimum atomic E-state index is -0.438. The minimum absolute atomic E-state index is 0.00541. The van der Waals surface area contributed by atoms with Gasteiger partial charge < -0.3 is 13.9 Å². The first-order valence-corrected chi connectivity index (χ1v) is 9.85. The molecule has 0 fully saturated rings. The summed E-state index contributed by atoms with van der Waals surface area (Å²) in [6, 6.07) is 22.7. The monoisotopic (exact) mass is 401 g/mol. The topological polar surface area (TPSA) is 56.5 Å². The zero-order valence-electron chi connectivity index (χ0n) is 17.0. The minimum Gasteiger partial charge on any atom is -0.461 e. The molecule has 152 valence electrons. The van der Waals surface area contributed by atoms with E-state index in [2.05, 4.69) is 0 Å². The van der Waals surface area contributed by atoms with E-state index in [9.17, 15) is 9.59 Å². The van der Waals surface area contributed by atoms with Crippen LogP contribution in [0.25, 0.3) is 11.0 Å². The smallest absolute Gasteiger partial charge is 0.355 e. The first-order valence-electron chi connectivity index (χ1n) is 9.85. The van der Waals surface area contributed by atoms with Gasteiger partial charge in [0.15, 0.2) is 0 Å². The van der Waals surface area contributed by atoms with Crippen molar-refractivity contribution in [1.29, 1.82) is 0 Å². The number of carbonyl (C=O) groups excluding carboxylic acids is 2. The molecule has 2 aromatic heterocycles. The first kappa shape index (κ1) is 19.5. The van der Waals surface area contributed by atoms with E-state index in [0.29, 0.717) is 5.69 Å². The Labute approximate surface area is 174 Å². The van der Waals surface area contributed by atoms with Gasteiger partial charge in [-0.3, -0.25) is 9.69 Å². The predicted octanol–water partition coefficient (Wildman–Crippen LogP) is 4.52. The number of anilines is 2. The molecule has 0 radical (unpaired) electrons. The summed E-state index contributed by atoms with van der Waals surface area (Å²) >= 11 is 0. The fraction of sp³-hybridized carbons (Fsp3) is 0.167. The number of nitrogens with zero attached hydrogens (tertiary/aromatic N) is 3. The van der Waals surface area contributed by atoms with Gasteiger partial charge >= 0.3 is 5.97 Å². The van der Waals surface area contributed by atoms with E-state index in [0.717, 1.165) is 22.4 Å². The summed E-state index contributed by atoms with van der Waals surface area (Å²) in [6.07, 6.45) is 1.91. The Morgan fingerprint density at radius 2 is 1.50 bits per heavy atom. The molecule has 0 atom stereocenters. The van der Waals surface area contributed by atoms with Crippen molar-refractivity contribution in [3.8, 4) is 0 Å². The number of esters is 1. The molecule has 0 aliphatic rings. The summed E-state index contributed by atoms with van der Waals surface area (Å²) in [5.74, 6) is -0.591. The van der Waals surface area contributed by atoms with Crippen LogP contribution in [-0.2, 0) is 23.1 Å². The lowest BCUT2D eigenvalue weighted by atomic mass is 10.2. The van der Waals surface area contributed by atoms with Gasteiger partial charge in [0.25, 0.3) is 5.91 Å². The van der Waals surface area contributed by atoms with Crippen LogP contribution in [0, 0.1) is 0 Å². The largest absolute Gasteiger partial charge is 0.461 e. The highest BCUT2D eigenvalue weighted by Gasteiger charge is 2.24. The van der Waals surface area contributed by atoms with Crippen molar-refractivity contribution in [3.63, 3.8) is 0 Å². The maximum atomic E-state index is 13.5. The normalized spacial score (nSPS) is 10.9. The lowest BCUT2D eigenvalue weighted by Gasteiger charge is -2.24. The fourth-order valence-corrected chi connectivity index (χ4v) is 3.61. The van der Waals surface area contributed by atoms with E-state index < -0.39 is 5.97 Å². The molecule has 0 saturated carbocycles. The number of rotatable bonds is 6. The molecule has 0 aliphatic carbocycles. The highest BCUT2D eigenvalue weighted by molar-refractivity contribution is 6.02. The lowest BCUT2D eigenvalue weighted by molar-refractivity contribution is -0.118. The third-order valence-corrected chi connectivity index (χ3v) is 5.01. The maximum Gasteiger partial charge on any atom is 0.355 e. The molecule has 0 saturated heterocycles. The Kier molecular flexibility index (Phi) is 5.39. The number of aryl methyl sites for hydroxylation is 1. The van der Waals surface area contributed by atoms with Crippen molar-refractivity contribution < 1.29 is 14.3 Å².